The summed E-state index contributed by atoms with van der Waals surface area (Å²) in [6.45, 7) is 1.43. The van der Waals surface area contributed by atoms with E-state index in [1.54, 1.807) is 18.2 Å². The number of halogens is 1. The third-order valence-electron chi connectivity index (χ3n) is 1.75. The highest BCUT2D eigenvalue weighted by molar-refractivity contribution is 6.30. The van der Waals surface area contributed by atoms with E-state index in [0.717, 1.165) is 0 Å². The molecule has 1 N–H and O–H groups in total. The molecule has 3 nitrogen and oxygen atoms in total. The number of terminal acetylenes is 1. The second-order valence-electron chi connectivity index (χ2n) is 2.88. The van der Waals surface area contributed by atoms with Crippen LogP contribution in [0.5, 0.6) is 5.75 Å². The summed E-state index contributed by atoms with van der Waals surface area (Å²) in [6.07, 6.45) is 4.29. The Morgan fingerprint density at radius 2 is 2.33 bits per heavy atom. The number of aliphatic carboxylic acids is 1. The first-order chi connectivity index (χ1) is 7.04. The lowest BCUT2D eigenvalue weighted by atomic mass is 10.2. The van der Waals surface area contributed by atoms with Crippen molar-refractivity contribution in [1.82, 2.24) is 0 Å². The first-order valence-electron chi connectivity index (χ1n) is 4.20. The molecule has 0 heterocycles. The van der Waals surface area contributed by atoms with E-state index in [2.05, 4.69) is 5.92 Å². The van der Waals surface area contributed by atoms with Gasteiger partial charge in [-0.25, -0.2) is 4.79 Å². The van der Waals surface area contributed by atoms with E-state index in [0.29, 0.717) is 16.3 Å². The van der Waals surface area contributed by atoms with Crippen LogP contribution in [-0.4, -0.2) is 17.2 Å². The van der Waals surface area contributed by atoms with Crippen molar-refractivity contribution in [2.24, 2.45) is 0 Å². The third-order valence-corrected chi connectivity index (χ3v) is 1.98. The van der Waals surface area contributed by atoms with Gasteiger partial charge in [0.15, 0.2) is 6.10 Å². The van der Waals surface area contributed by atoms with E-state index in [4.69, 9.17) is 27.9 Å². The topological polar surface area (TPSA) is 46.5 Å². The molecule has 0 aliphatic carbocycles. The highest BCUT2D eigenvalue weighted by Crippen LogP contribution is 2.22. The third kappa shape index (κ3) is 2.90. The fourth-order valence-electron chi connectivity index (χ4n) is 0.959. The zero-order valence-corrected chi connectivity index (χ0v) is 8.78. The molecular weight excluding hydrogens is 216 g/mol. The number of rotatable bonds is 3. The maximum Gasteiger partial charge on any atom is 0.344 e. The normalized spacial score (nSPS) is 11.5. The molecule has 0 spiro atoms. The van der Waals surface area contributed by atoms with Crippen LogP contribution in [0.2, 0.25) is 5.02 Å². The average molecular weight is 225 g/mol. The van der Waals surface area contributed by atoms with Gasteiger partial charge in [0.05, 0.1) is 5.56 Å². The van der Waals surface area contributed by atoms with Gasteiger partial charge in [-0.15, -0.1) is 6.42 Å². The standard InChI is InChI=1S/C11H9ClO3/c1-3-8-6-9(12)4-5-10(8)15-7(2)11(13)14/h1,4-7H,2H3,(H,13,14). The quantitative estimate of drug-likeness (QED) is 0.801. The van der Waals surface area contributed by atoms with Gasteiger partial charge in [0.2, 0.25) is 0 Å². The molecule has 15 heavy (non-hydrogen) atoms. The fraction of sp³-hybridized carbons (Fsp3) is 0.182. The van der Waals surface area contributed by atoms with Gasteiger partial charge in [0.25, 0.3) is 0 Å². The van der Waals surface area contributed by atoms with E-state index >= 15 is 0 Å². The van der Waals surface area contributed by atoms with Crippen molar-refractivity contribution in [3.05, 3.63) is 28.8 Å². The number of carboxylic acid groups (broad SMARTS) is 1. The number of hydrogen-bond donors (Lipinski definition) is 1. The molecule has 0 fully saturated rings. The molecule has 78 valence electrons. The molecule has 1 rings (SSSR count). The molecule has 0 aliphatic rings. The Morgan fingerprint density at radius 3 is 2.87 bits per heavy atom. The van der Waals surface area contributed by atoms with Crippen molar-refractivity contribution in [2.75, 3.05) is 0 Å². The monoisotopic (exact) mass is 224 g/mol. The van der Waals surface area contributed by atoms with Crippen LogP contribution in [0.4, 0.5) is 0 Å². The summed E-state index contributed by atoms with van der Waals surface area (Å²) in [7, 11) is 0. The Hall–Kier alpha value is -1.66. The number of ether oxygens (including phenoxy) is 1. The summed E-state index contributed by atoms with van der Waals surface area (Å²) in [5.74, 6) is 1.67. The Labute approximate surface area is 92.6 Å². The van der Waals surface area contributed by atoms with E-state index in [1.807, 2.05) is 0 Å². The largest absolute Gasteiger partial charge is 0.479 e. The Bertz CT molecular complexity index is 420. The molecule has 0 radical (unpaired) electrons. The number of benzene rings is 1. The summed E-state index contributed by atoms with van der Waals surface area (Å²) in [5, 5.41) is 9.14. The maximum absolute atomic E-state index is 10.6. The summed E-state index contributed by atoms with van der Waals surface area (Å²) in [6, 6.07) is 4.69. The first-order valence-corrected chi connectivity index (χ1v) is 4.58. The number of carboxylic acids is 1. The van der Waals surface area contributed by atoms with Crippen molar-refractivity contribution in [2.45, 2.75) is 13.0 Å². The molecule has 1 unspecified atom stereocenters. The van der Waals surface area contributed by atoms with Crippen molar-refractivity contribution in [3.63, 3.8) is 0 Å². The lowest BCUT2D eigenvalue weighted by Crippen LogP contribution is -2.23. The second-order valence-corrected chi connectivity index (χ2v) is 3.32. The van der Waals surface area contributed by atoms with Crippen LogP contribution in [0.25, 0.3) is 0 Å². The minimum Gasteiger partial charge on any atom is -0.479 e. The number of carbonyl (C=O) groups is 1. The zero-order valence-electron chi connectivity index (χ0n) is 8.03. The molecule has 0 aromatic heterocycles. The summed E-state index contributed by atoms with van der Waals surface area (Å²) >= 11 is 5.73. The summed E-state index contributed by atoms with van der Waals surface area (Å²) < 4.78 is 5.15. The molecule has 0 aliphatic heterocycles. The predicted molar refractivity (Wildman–Crippen MR) is 57.1 cm³/mol. The van der Waals surface area contributed by atoms with Crippen LogP contribution in [0.3, 0.4) is 0 Å². The van der Waals surface area contributed by atoms with Gasteiger partial charge in [-0.2, -0.15) is 0 Å². The van der Waals surface area contributed by atoms with Crippen LogP contribution < -0.4 is 4.74 Å². The highest BCUT2D eigenvalue weighted by atomic mass is 35.5. The van der Waals surface area contributed by atoms with Gasteiger partial charge in [-0.1, -0.05) is 17.5 Å². The Balaban J connectivity index is 2.96. The van der Waals surface area contributed by atoms with E-state index in [9.17, 15) is 4.79 Å². The minimum absolute atomic E-state index is 0.344. The van der Waals surface area contributed by atoms with Crippen LogP contribution >= 0.6 is 11.6 Å². The molecule has 0 saturated heterocycles. The van der Waals surface area contributed by atoms with Crippen LogP contribution in [0, 0.1) is 12.3 Å². The summed E-state index contributed by atoms with van der Waals surface area (Å²) in [5.41, 5.74) is 0.440. The molecule has 0 amide bonds. The van der Waals surface area contributed by atoms with Gasteiger partial charge in [0.1, 0.15) is 5.75 Å². The van der Waals surface area contributed by atoms with Crippen molar-refractivity contribution < 1.29 is 14.6 Å². The zero-order chi connectivity index (χ0) is 11.4. The fourth-order valence-corrected chi connectivity index (χ4v) is 1.13. The second kappa shape index (κ2) is 4.72. The maximum atomic E-state index is 10.6. The van der Waals surface area contributed by atoms with Crippen molar-refractivity contribution in [1.29, 1.82) is 0 Å². The summed E-state index contributed by atoms with van der Waals surface area (Å²) in [4.78, 5) is 10.6. The van der Waals surface area contributed by atoms with Crippen LogP contribution in [-0.2, 0) is 4.79 Å². The Kier molecular flexibility index (Phi) is 3.59. The van der Waals surface area contributed by atoms with Gasteiger partial charge < -0.3 is 9.84 Å². The van der Waals surface area contributed by atoms with Crippen LogP contribution in [0.15, 0.2) is 18.2 Å². The molecule has 0 saturated carbocycles. The van der Waals surface area contributed by atoms with E-state index < -0.39 is 12.1 Å². The molecule has 1 atom stereocenters. The average Bonchev–Trinajstić information content (AvgIpc) is 2.20. The van der Waals surface area contributed by atoms with Gasteiger partial charge in [-0.3, -0.25) is 0 Å². The van der Waals surface area contributed by atoms with E-state index in [-0.39, 0.29) is 0 Å². The molecule has 1 aromatic rings. The molecular formula is C11H9ClO3. The smallest absolute Gasteiger partial charge is 0.344 e. The predicted octanol–water partition coefficient (Wildman–Crippen LogP) is 2.17. The Morgan fingerprint density at radius 1 is 1.67 bits per heavy atom. The lowest BCUT2D eigenvalue weighted by Gasteiger charge is -2.11. The first kappa shape index (κ1) is 11.4. The van der Waals surface area contributed by atoms with E-state index in [1.165, 1.54) is 6.92 Å². The molecule has 1 aromatic carbocycles. The highest BCUT2D eigenvalue weighted by Gasteiger charge is 2.14. The van der Waals surface area contributed by atoms with Crippen LogP contribution in [0.1, 0.15) is 12.5 Å². The van der Waals surface area contributed by atoms with Gasteiger partial charge >= 0.3 is 5.97 Å². The molecule has 4 heteroatoms. The number of hydrogen-bond acceptors (Lipinski definition) is 2. The van der Waals surface area contributed by atoms with Crippen molar-refractivity contribution >= 4 is 17.6 Å². The minimum atomic E-state index is -1.05. The molecule has 0 bridgehead atoms. The van der Waals surface area contributed by atoms with Crippen molar-refractivity contribution in [3.8, 4) is 18.1 Å². The lowest BCUT2D eigenvalue weighted by molar-refractivity contribution is -0.144. The van der Waals surface area contributed by atoms with Gasteiger partial charge in [0, 0.05) is 5.02 Å². The van der Waals surface area contributed by atoms with Gasteiger partial charge in [-0.05, 0) is 25.1 Å². The SMILES string of the molecule is C#Cc1cc(Cl)ccc1OC(C)C(=O)O.